The zero-order valence-corrected chi connectivity index (χ0v) is 13.3. The second-order valence-corrected chi connectivity index (χ2v) is 5.97. The monoisotopic (exact) mass is 322 g/mol. The van der Waals surface area contributed by atoms with Gasteiger partial charge in [-0.3, -0.25) is 0 Å². The van der Waals surface area contributed by atoms with Gasteiger partial charge in [0, 0.05) is 17.9 Å². The average molecular weight is 322 g/mol. The van der Waals surface area contributed by atoms with Crippen molar-refractivity contribution in [3.05, 3.63) is 22.8 Å². The van der Waals surface area contributed by atoms with Crippen LogP contribution in [0.3, 0.4) is 0 Å². The third-order valence-corrected chi connectivity index (χ3v) is 4.30. The fourth-order valence-electron chi connectivity index (χ4n) is 3.45. The lowest BCUT2D eigenvalue weighted by atomic mass is 9.92. The highest BCUT2D eigenvalue weighted by Crippen LogP contribution is 2.64. The smallest absolute Gasteiger partial charge is 0.337 e. The number of ether oxygens (including phenoxy) is 4. The maximum absolute atomic E-state index is 12.0. The van der Waals surface area contributed by atoms with Crippen LogP contribution in [0.2, 0.25) is 0 Å². The first-order valence-electron chi connectivity index (χ1n) is 7.39. The van der Waals surface area contributed by atoms with Gasteiger partial charge in [-0.25, -0.2) is 14.4 Å². The molecule has 4 atom stereocenters. The van der Waals surface area contributed by atoms with Crippen molar-refractivity contribution in [1.29, 1.82) is 0 Å². The summed E-state index contributed by atoms with van der Waals surface area (Å²) in [5.74, 6) is -1.80. The number of rotatable bonds is 4. The highest BCUT2D eigenvalue weighted by atomic mass is 16.6. The van der Waals surface area contributed by atoms with Crippen LogP contribution in [-0.2, 0) is 33.3 Å². The minimum absolute atomic E-state index is 0.0813. The van der Waals surface area contributed by atoms with Crippen molar-refractivity contribution in [2.24, 2.45) is 11.8 Å². The third-order valence-electron chi connectivity index (χ3n) is 4.30. The van der Waals surface area contributed by atoms with Crippen LogP contribution in [0, 0.1) is 11.8 Å². The van der Waals surface area contributed by atoms with Gasteiger partial charge in [-0.15, -0.1) is 0 Å². The van der Waals surface area contributed by atoms with E-state index >= 15 is 0 Å². The molecule has 0 spiro atoms. The minimum atomic E-state index is -0.604. The number of esters is 3. The Kier molecular flexibility index (Phi) is 3.75. The third kappa shape index (κ3) is 2.35. The summed E-state index contributed by atoms with van der Waals surface area (Å²) in [5, 5.41) is 0. The predicted molar refractivity (Wildman–Crippen MR) is 76.0 cm³/mol. The molecule has 7 heteroatoms. The van der Waals surface area contributed by atoms with E-state index in [1.165, 1.54) is 20.3 Å². The molecule has 2 aliphatic heterocycles. The maximum atomic E-state index is 12.0. The van der Waals surface area contributed by atoms with Crippen molar-refractivity contribution in [1.82, 2.24) is 0 Å². The number of methoxy groups -OCH3 is 2. The van der Waals surface area contributed by atoms with Crippen molar-refractivity contribution in [3.8, 4) is 0 Å². The first-order chi connectivity index (χ1) is 10.9. The molecule has 0 aromatic rings. The Hall–Kier alpha value is -2.15. The van der Waals surface area contributed by atoms with E-state index < -0.39 is 30.1 Å². The predicted octanol–water partition coefficient (Wildman–Crippen LogP) is 0.534. The van der Waals surface area contributed by atoms with Crippen LogP contribution in [0.4, 0.5) is 0 Å². The molecule has 0 aromatic heterocycles. The maximum Gasteiger partial charge on any atom is 0.337 e. The molecule has 0 aromatic carbocycles. The molecule has 3 aliphatic rings. The minimum Gasteiger partial charge on any atom is -0.466 e. The molecule has 1 aliphatic carbocycles. The summed E-state index contributed by atoms with van der Waals surface area (Å²) in [4.78, 5) is 35.8. The molecule has 23 heavy (non-hydrogen) atoms. The second kappa shape index (κ2) is 5.49. The molecule has 2 fully saturated rings. The van der Waals surface area contributed by atoms with E-state index in [1.54, 1.807) is 13.8 Å². The Balaban J connectivity index is 1.87. The summed E-state index contributed by atoms with van der Waals surface area (Å²) < 4.78 is 20.3. The van der Waals surface area contributed by atoms with Crippen molar-refractivity contribution < 1.29 is 33.3 Å². The Labute approximate surface area is 133 Å². The lowest BCUT2D eigenvalue weighted by molar-refractivity contribution is -0.141. The van der Waals surface area contributed by atoms with Gasteiger partial charge in [-0.05, 0) is 19.4 Å². The number of hydrogen-bond acceptors (Lipinski definition) is 7. The number of carbonyl (C=O) groups is 3. The van der Waals surface area contributed by atoms with E-state index in [0.29, 0.717) is 0 Å². The zero-order chi connectivity index (χ0) is 16.9. The van der Waals surface area contributed by atoms with E-state index in [2.05, 4.69) is 0 Å². The fraction of sp³-hybridized carbons (Fsp3) is 0.562. The van der Waals surface area contributed by atoms with Crippen LogP contribution in [0.15, 0.2) is 22.8 Å². The summed E-state index contributed by atoms with van der Waals surface area (Å²) in [6.45, 7) is 3.53. The van der Waals surface area contributed by atoms with Crippen LogP contribution >= 0.6 is 0 Å². The SMILES string of the molecule is COC(=O)C1=C(C(=O)OC)C2OC1C1C(=CC(=O)OC(C)C)C21. The van der Waals surface area contributed by atoms with Crippen LogP contribution in [0.25, 0.3) is 0 Å². The molecule has 7 nitrogen and oxygen atoms in total. The summed E-state index contributed by atoms with van der Waals surface area (Å²) in [5.41, 5.74) is 1.25. The Morgan fingerprint density at radius 3 is 1.87 bits per heavy atom. The van der Waals surface area contributed by atoms with E-state index in [-0.39, 0.29) is 29.1 Å². The summed E-state index contributed by atoms with van der Waals surface area (Å²) >= 11 is 0. The fourth-order valence-corrected chi connectivity index (χ4v) is 3.45. The van der Waals surface area contributed by atoms with Crippen LogP contribution in [-0.4, -0.2) is 50.4 Å². The van der Waals surface area contributed by atoms with Gasteiger partial charge in [-0.2, -0.15) is 0 Å². The molecule has 2 bridgehead atoms. The largest absolute Gasteiger partial charge is 0.466 e. The Morgan fingerprint density at radius 1 is 1.00 bits per heavy atom. The summed E-state index contributed by atoms with van der Waals surface area (Å²) in [6, 6.07) is 0. The van der Waals surface area contributed by atoms with Crippen molar-refractivity contribution in [2.45, 2.75) is 32.2 Å². The van der Waals surface area contributed by atoms with Crippen molar-refractivity contribution in [2.75, 3.05) is 14.2 Å². The number of hydrogen-bond donors (Lipinski definition) is 0. The van der Waals surface area contributed by atoms with Gasteiger partial charge in [-0.1, -0.05) is 0 Å². The summed E-state index contributed by atoms with van der Waals surface area (Å²) in [6.07, 6.45) is 0.0991. The van der Waals surface area contributed by atoms with Crippen molar-refractivity contribution in [3.63, 3.8) is 0 Å². The molecule has 124 valence electrons. The Morgan fingerprint density at radius 2 is 1.48 bits per heavy atom. The zero-order valence-electron chi connectivity index (χ0n) is 13.3. The molecule has 1 saturated heterocycles. The molecule has 0 N–H and O–H groups in total. The van der Waals surface area contributed by atoms with Gasteiger partial charge in [0.15, 0.2) is 0 Å². The van der Waals surface area contributed by atoms with Gasteiger partial charge in [0.2, 0.25) is 0 Å². The van der Waals surface area contributed by atoms with Gasteiger partial charge in [0.1, 0.15) is 0 Å². The highest BCUT2D eigenvalue weighted by molar-refractivity contribution is 6.04. The van der Waals surface area contributed by atoms with Gasteiger partial charge < -0.3 is 18.9 Å². The van der Waals surface area contributed by atoms with E-state index in [4.69, 9.17) is 18.9 Å². The van der Waals surface area contributed by atoms with E-state index in [0.717, 1.165) is 5.57 Å². The lowest BCUT2D eigenvalue weighted by Gasteiger charge is -2.12. The Bertz CT molecular complexity index is 603. The highest BCUT2D eigenvalue weighted by Gasteiger charge is 2.69. The van der Waals surface area contributed by atoms with Crippen LogP contribution in [0.1, 0.15) is 13.8 Å². The topological polar surface area (TPSA) is 88.1 Å². The molecule has 0 radical (unpaired) electrons. The number of fused-ring (bicyclic) bond motifs is 5. The quantitative estimate of drug-likeness (QED) is 0.424. The summed E-state index contributed by atoms with van der Waals surface area (Å²) in [7, 11) is 2.49. The van der Waals surface area contributed by atoms with Gasteiger partial charge >= 0.3 is 17.9 Å². The molecule has 3 rings (SSSR count). The van der Waals surface area contributed by atoms with Crippen LogP contribution < -0.4 is 0 Å². The normalized spacial score (nSPS) is 30.2. The lowest BCUT2D eigenvalue weighted by Crippen LogP contribution is -2.24. The standard InChI is InChI=1S/C16H18O7/c1-6(2)22-8(17)5-7-9-10(7)14-12(16(19)21-4)11(13(9)23-14)15(18)20-3/h5-6,9-10,13-14H,1-4H3. The number of carbonyl (C=O) groups excluding carboxylic acids is 3. The molecular weight excluding hydrogens is 304 g/mol. The van der Waals surface area contributed by atoms with E-state index in [9.17, 15) is 14.4 Å². The van der Waals surface area contributed by atoms with Gasteiger partial charge in [0.25, 0.3) is 0 Å². The molecule has 1 saturated carbocycles. The molecular formula is C16H18O7. The first kappa shape index (κ1) is 15.7. The molecule has 2 heterocycles. The molecule has 0 amide bonds. The first-order valence-corrected chi connectivity index (χ1v) is 7.39. The van der Waals surface area contributed by atoms with Crippen molar-refractivity contribution >= 4 is 17.9 Å². The molecule has 4 unspecified atom stereocenters. The average Bonchev–Trinajstić information content (AvgIpc) is 2.91. The van der Waals surface area contributed by atoms with Crippen LogP contribution in [0.5, 0.6) is 0 Å². The van der Waals surface area contributed by atoms with E-state index in [1.807, 2.05) is 0 Å². The van der Waals surface area contributed by atoms with Gasteiger partial charge in [0.05, 0.1) is 43.7 Å². The second-order valence-electron chi connectivity index (χ2n) is 5.97.